The maximum Gasteiger partial charge on any atom is 0.256 e. The Morgan fingerprint density at radius 2 is 1.82 bits per heavy atom. The maximum atomic E-state index is 14.6. The molecule has 0 saturated carbocycles. The van der Waals surface area contributed by atoms with Crippen molar-refractivity contribution in [1.29, 1.82) is 0 Å². The topological polar surface area (TPSA) is 42.1 Å². The van der Waals surface area contributed by atoms with Crippen LogP contribution < -0.4 is 10.3 Å². The van der Waals surface area contributed by atoms with Crippen molar-refractivity contribution in [2.24, 2.45) is 0 Å². The van der Waals surface area contributed by atoms with Gasteiger partial charge in [0.1, 0.15) is 6.61 Å². The van der Waals surface area contributed by atoms with E-state index in [0.717, 1.165) is 5.56 Å². The number of rotatable bonds is 3. The van der Waals surface area contributed by atoms with E-state index >= 15 is 0 Å². The molecule has 0 atom stereocenters. The highest BCUT2D eigenvalue weighted by Crippen LogP contribution is 2.32. The van der Waals surface area contributed by atoms with Crippen molar-refractivity contribution >= 4 is 10.8 Å². The minimum Gasteiger partial charge on any atom is -0.486 e. The number of aromatic amines is 1. The zero-order chi connectivity index (χ0) is 15.7. The summed E-state index contributed by atoms with van der Waals surface area (Å²) in [6.07, 6.45) is 1.57. The molecule has 1 heterocycles. The van der Waals surface area contributed by atoms with Crippen LogP contribution in [-0.2, 0) is 6.61 Å². The van der Waals surface area contributed by atoms with Gasteiger partial charge in [-0.05, 0) is 30.9 Å². The lowest BCUT2D eigenvalue weighted by molar-refractivity contribution is 0.288. The van der Waals surface area contributed by atoms with E-state index in [-0.39, 0.29) is 17.9 Å². The molecule has 3 nitrogen and oxygen atoms in total. The molecule has 2 aromatic carbocycles. The summed E-state index contributed by atoms with van der Waals surface area (Å²) in [6.45, 7) is 3.65. The normalized spacial score (nSPS) is 10.9. The van der Waals surface area contributed by atoms with Gasteiger partial charge in [0, 0.05) is 17.3 Å². The van der Waals surface area contributed by atoms with Gasteiger partial charge in [-0.25, -0.2) is 4.39 Å². The average molecular weight is 297 g/mol. The second-order valence-corrected chi connectivity index (χ2v) is 5.26. The quantitative estimate of drug-likeness (QED) is 0.797. The van der Waals surface area contributed by atoms with E-state index in [0.29, 0.717) is 21.9 Å². The number of hydrogen-bond donors (Lipinski definition) is 1. The Kier molecular flexibility index (Phi) is 3.67. The molecule has 0 spiro atoms. The third kappa shape index (κ3) is 2.37. The molecule has 0 radical (unpaired) electrons. The van der Waals surface area contributed by atoms with E-state index in [2.05, 4.69) is 4.98 Å². The van der Waals surface area contributed by atoms with Gasteiger partial charge in [0.15, 0.2) is 11.6 Å². The smallest absolute Gasteiger partial charge is 0.256 e. The number of halogens is 1. The number of nitrogens with one attached hydrogen (secondary N) is 1. The van der Waals surface area contributed by atoms with Crippen LogP contribution in [-0.4, -0.2) is 4.98 Å². The Labute approximate surface area is 127 Å². The molecule has 1 N–H and O–H groups in total. The molecule has 0 saturated heterocycles. The molecule has 112 valence electrons. The SMILES string of the molecule is Cc1c(OCc2ccccc2)c(F)c(C)c2c(=O)[nH]ccc12. The van der Waals surface area contributed by atoms with Crippen molar-refractivity contribution in [3.8, 4) is 5.75 Å². The fourth-order valence-corrected chi connectivity index (χ4v) is 2.63. The molecule has 0 bridgehead atoms. The van der Waals surface area contributed by atoms with E-state index in [1.807, 2.05) is 30.3 Å². The molecule has 3 rings (SSSR count). The van der Waals surface area contributed by atoms with Gasteiger partial charge in [0.2, 0.25) is 0 Å². The molecule has 0 aliphatic rings. The van der Waals surface area contributed by atoms with Crippen molar-refractivity contribution in [1.82, 2.24) is 4.98 Å². The standard InChI is InChI=1S/C18H16FNO2/c1-11-14-8-9-20-18(21)15(14)12(2)16(19)17(11)22-10-13-6-4-3-5-7-13/h3-9H,10H2,1-2H3,(H,20,21). The largest absolute Gasteiger partial charge is 0.486 e. The summed E-state index contributed by atoms with van der Waals surface area (Å²) >= 11 is 0. The molecule has 3 aromatic rings. The van der Waals surface area contributed by atoms with Gasteiger partial charge in [-0.1, -0.05) is 30.3 Å². The monoisotopic (exact) mass is 297 g/mol. The summed E-state index contributed by atoms with van der Waals surface area (Å²) in [5.74, 6) is -0.267. The highest BCUT2D eigenvalue weighted by atomic mass is 19.1. The van der Waals surface area contributed by atoms with E-state index in [1.54, 1.807) is 26.1 Å². The van der Waals surface area contributed by atoms with E-state index < -0.39 is 5.82 Å². The molecular weight excluding hydrogens is 281 g/mol. The molecule has 0 aliphatic heterocycles. The minimum atomic E-state index is -0.474. The van der Waals surface area contributed by atoms with Crippen molar-refractivity contribution in [3.05, 3.63) is 75.5 Å². The Balaban J connectivity index is 2.09. The van der Waals surface area contributed by atoms with Gasteiger partial charge in [-0.15, -0.1) is 0 Å². The van der Waals surface area contributed by atoms with E-state index in [1.165, 1.54) is 0 Å². The summed E-state index contributed by atoms with van der Waals surface area (Å²) < 4.78 is 20.3. The number of pyridine rings is 1. The fourth-order valence-electron chi connectivity index (χ4n) is 2.63. The van der Waals surface area contributed by atoms with Crippen molar-refractivity contribution < 1.29 is 9.13 Å². The van der Waals surface area contributed by atoms with Crippen LogP contribution >= 0.6 is 0 Å². The molecule has 0 amide bonds. The van der Waals surface area contributed by atoms with Crippen LogP contribution in [0.4, 0.5) is 4.39 Å². The first-order valence-electron chi connectivity index (χ1n) is 7.06. The minimum absolute atomic E-state index is 0.208. The van der Waals surface area contributed by atoms with Crippen molar-refractivity contribution in [3.63, 3.8) is 0 Å². The Hall–Kier alpha value is -2.62. The Bertz CT molecular complexity index is 885. The first-order chi connectivity index (χ1) is 10.6. The number of aromatic nitrogens is 1. The lowest BCUT2D eigenvalue weighted by Crippen LogP contribution is -2.10. The predicted octanol–water partition coefficient (Wildman–Crippen LogP) is 3.86. The van der Waals surface area contributed by atoms with Crippen LogP contribution in [0.25, 0.3) is 10.8 Å². The maximum absolute atomic E-state index is 14.6. The second kappa shape index (κ2) is 5.64. The Morgan fingerprint density at radius 3 is 2.55 bits per heavy atom. The summed E-state index contributed by atoms with van der Waals surface area (Å²) in [4.78, 5) is 14.5. The molecular formula is C18H16FNO2. The van der Waals surface area contributed by atoms with Crippen molar-refractivity contribution in [2.45, 2.75) is 20.5 Å². The number of aryl methyl sites for hydroxylation is 2. The van der Waals surface area contributed by atoms with Gasteiger partial charge in [-0.2, -0.15) is 0 Å². The highest BCUT2D eigenvalue weighted by molar-refractivity contribution is 5.89. The summed E-state index contributed by atoms with van der Waals surface area (Å²) in [6, 6.07) is 11.4. The lowest BCUT2D eigenvalue weighted by atomic mass is 10.0. The van der Waals surface area contributed by atoms with Crippen LogP contribution in [0.1, 0.15) is 16.7 Å². The van der Waals surface area contributed by atoms with Gasteiger partial charge in [-0.3, -0.25) is 4.79 Å². The van der Waals surface area contributed by atoms with Crippen LogP contribution in [0, 0.1) is 19.7 Å². The second-order valence-electron chi connectivity index (χ2n) is 5.26. The zero-order valence-corrected chi connectivity index (χ0v) is 12.4. The molecule has 0 fully saturated rings. The van der Waals surface area contributed by atoms with Gasteiger partial charge >= 0.3 is 0 Å². The predicted molar refractivity (Wildman–Crippen MR) is 84.8 cm³/mol. The van der Waals surface area contributed by atoms with Gasteiger partial charge < -0.3 is 9.72 Å². The van der Waals surface area contributed by atoms with Crippen LogP contribution in [0.2, 0.25) is 0 Å². The molecule has 1 aromatic heterocycles. The molecule has 0 aliphatic carbocycles. The third-order valence-electron chi connectivity index (χ3n) is 3.84. The van der Waals surface area contributed by atoms with E-state index in [4.69, 9.17) is 4.74 Å². The summed E-state index contributed by atoms with van der Waals surface area (Å²) in [7, 11) is 0. The zero-order valence-electron chi connectivity index (χ0n) is 12.4. The van der Waals surface area contributed by atoms with E-state index in [9.17, 15) is 9.18 Å². The molecule has 4 heteroatoms. The third-order valence-corrected chi connectivity index (χ3v) is 3.84. The average Bonchev–Trinajstić information content (AvgIpc) is 2.53. The first-order valence-corrected chi connectivity index (χ1v) is 7.06. The molecule has 0 unspecified atom stereocenters. The highest BCUT2D eigenvalue weighted by Gasteiger charge is 2.18. The number of hydrogen-bond acceptors (Lipinski definition) is 2. The summed E-state index contributed by atoms with van der Waals surface area (Å²) in [5.41, 5.74) is 1.63. The van der Waals surface area contributed by atoms with Crippen LogP contribution in [0.3, 0.4) is 0 Å². The number of ether oxygens (including phenoxy) is 1. The van der Waals surface area contributed by atoms with Crippen LogP contribution in [0.15, 0.2) is 47.4 Å². The fraction of sp³-hybridized carbons (Fsp3) is 0.167. The molecule has 22 heavy (non-hydrogen) atoms. The number of benzene rings is 2. The number of fused-ring (bicyclic) bond motifs is 1. The van der Waals surface area contributed by atoms with Crippen LogP contribution in [0.5, 0.6) is 5.75 Å². The Morgan fingerprint density at radius 1 is 1.09 bits per heavy atom. The summed E-state index contributed by atoms with van der Waals surface area (Å²) in [5, 5.41) is 1.09. The van der Waals surface area contributed by atoms with Gasteiger partial charge in [0.05, 0.1) is 5.39 Å². The van der Waals surface area contributed by atoms with Crippen molar-refractivity contribution in [2.75, 3.05) is 0 Å². The van der Waals surface area contributed by atoms with Gasteiger partial charge in [0.25, 0.3) is 5.56 Å². The number of H-pyrrole nitrogens is 1. The first kappa shape index (κ1) is 14.3. The lowest BCUT2D eigenvalue weighted by Gasteiger charge is -2.15.